The second-order valence-electron chi connectivity index (χ2n) is 10.1. The van der Waals surface area contributed by atoms with Gasteiger partial charge in [0.05, 0.1) is 0 Å². The standard InChI is InChI=1S/2C13H27O3P.2K/c2*1-13(2)11-9-7-5-3-4-6-8-10-12-16-17(14)15;;/h2*13H,3-12H2,1-2H3;;/q;;2*+1. The van der Waals surface area contributed by atoms with Gasteiger partial charge in [0, 0.05) is 0 Å². The summed E-state index contributed by atoms with van der Waals surface area (Å²) in [6.07, 6.45) is 22.3. The largest absolute Gasteiger partial charge is 1.00 e. The van der Waals surface area contributed by atoms with E-state index in [1.807, 2.05) is 0 Å². The van der Waals surface area contributed by atoms with E-state index in [2.05, 4.69) is 36.7 Å². The second kappa shape index (κ2) is 38.3. The van der Waals surface area contributed by atoms with Crippen LogP contribution < -0.4 is 113 Å². The number of rotatable bonds is 24. The Kier molecular flexibility index (Phi) is 49.2. The second-order valence-corrected chi connectivity index (χ2v) is 11.5. The molecule has 0 rings (SSSR count). The first kappa shape index (κ1) is 46.3. The minimum absolute atomic E-state index is 0. The molecular weight excluding hydrogens is 548 g/mol. The molecular formula is C26H54K2O6P2+2. The van der Waals surface area contributed by atoms with Crippen LogP contribution in [-0.2, 0) is 18.2 Å². The van der Waals surface area contributed by atoms with Gasteiger partial charge in [-0.2, -0.15) is 0 Å². The Morgan fingerprint density at radius 2 is 0.694 bits per heavy atom. The zero-order valence-corrected chi connectivity index (χ0v) is 32.7. The smallest absolute Gasteiger partial charge is 0.566 e. The van der Waals surface area contributed by atoms with E-state index in [1.54, 1.807) is 0 Å². The van der Waals surface area contributed by atoms with Crippen molar-refractivity contribution in [3.63, 3.8) is 0 Å². The molecule has 0 aliphatic heterocycles. The molecule has 36 heavy (non-hydrogen) atoms. The maximum atomic E-state index is 10.1. The molecule has 0 aliphatic carbocycles. The minimum Gasteiger partial charge on any atom is -0.566 e. The maximum absolute atomic E-state index is 10.1. The summed E-state index contributed by atoms with van der Waals surface area (Å²) in [5.74, 6) is 1.67. The molecule has 0 bridgehead atoms. The first-order chi connectivity index (χ1) is 16.3. The van der Waals surface area contributed by atoms with Gasteiger partial charge in [0.2, 0.25) is 0 Å². The molecule has 2 unspecified atom stereocenters. The summed E-state index contributed by atoms with van der Waals surface area (Å²) < 4.78 is 29.2. The molecule has 0 aromatic rings. The Morgan fingerprint density at radius 3 is 0.917 bits per heavy atom. The van der Waals surface area contributed by atoms with Crippen LogP contribution in [0.5, 0.6) is 0 Å². The van der Waals surface area contributed by atoms with Crippen molar-refractivity contribution >= 4 is 16.5 Å². The van der Waals surface area contributed by atoms with Crippen LogP contribution in [0.2, 0.25) is 0 Å². The van der Waals surface area contributed by atoms with Gasteiger partial charge in [-0.05, 0) is 33.8 Å². The normalized spacial score (nSPS) is 11.4. The first-order valence-electron chi connectivity index (χ1n) is 13.8. The quantitative estimate of drug-likeness (QED) is 0.0956. The van der Waals surface area contributed by atoms with Crippen LogP contribution in [0.25, 0.3) is 0 Å². The molecule has 0 radical (unpaired) electrons. The monoisotopic (exact) mass is 602 g/mol. The maximum Gasteiger partial charge on any atom is 1.00 e. The number of hydrogen-bond donors (Lipinski definition) is 0. The predicted octanol–water partition coefficient (Wildman–Crippen LogP) is 2.38. The van der Waals surface area contributed by atoms with E-state index in [-0.39, 0.29) is 103 Å². The van der Waals surface area contributed by atoms with Crippen molar-refractivity contribution in [2.45, 2.75) is 143 Å². The van der Waals surface area contributed by atoms with Crippen LogP contribution in [0.3, 0.4) is 0 Å². The van der Waals surface area contributed by atoms with Gasteiger partial charge in [-0.1, -0.05) is 130 Å². The summed E-state index contributed by atoms with van der Waals surface area (Å²) in [7, 11) is -5.28. The average molecular weight is 603 g/mol. The molecule has 0 aromatic carbocycles. The van der Waals surface area contributed by atoms with Crippen LogP contribution >= 0.6 is 16.5 Å². The molecule has 0 spiro atoms. The zero-order valence-electron chi connectivity index (χ0n) is 24.6. The molecule has 0 saturated carbocycles. The molecule has 0 amide bonds. The number of hydrogen-bond acceptors (Lipinski definition) is 6. The fourth-order valence-electron chi connectivity index (χ4n) is 3.71. The van der Waals surface area contributed by atoms with E-state index < -0.39 is 16.5 Å². The third kappa shape index (κ3) is 50.2. The average Bonchev–Trinajstić information content (AvgIpc) is 2.75. The Bertz CT molecular complexity index is 418. The molecule has 0 aliphatic rings. The minimum atomic E-state index is -2.64. The van der Waals surface area contributed by atoms with Gasteiger partial charge in [-0.3, -0.25) is 0 Å². The van der Waals surface area contributed by atoms with Crippen molar-refractivity contribution in [1.82, 2.24) is 0 Å². The van der Waals surface area contributed by atoms with E-state index in [0.29, 0.717) is 13.2 Å². The van der Waals surface area contributed by atoms with Crippen LogP contribution in [0.4, 0.5) is 0 Å². The fourth-order valence-corrected chi connectivity index (χ4v) is 4.27. The van der Waals surface area contributed by atoms with Gasteiger partial charge in [-0.15, -0.1) is 9.05 Å². The molecule has 0 aromatic heterocycles. The van der Waals surface area contributed by atoms with Gasteiger partial charge in [0.1, 0.15) is 13.2 Å². The molecule has 0 N–H and O–H groups in total. The van der Waals surface area contributed by atoms with E-state index >= 15 is 0 Å². The summed E-state index contributed by atoms with van der Waals surface area (Å²) in [4.78, 5) is 20.2. The summed E-state index contributed by atoms with van der Waals surface area (Å²) in [5.41, 5.74) is 0. The third-order valence-corrected chi connectivity index (χ3v) is 6.53. The van der Waals surface area contributed by atoms with Gasteiger partial charge < -0.3 is 9.79 Å². The van der Waals surface area contributed by atoms with Crippen molar-refractivity contribution in [3.8, 4) is 0 Å². The van der Waals surface area contributed by atoms with Gasteiger partial charge >= 0.3 is 119 Å². The van der Waals surface area contributed by atoms with Crippen LogP contribution in [-0.4, -0.2) is 13.2 Å². The Hall–Kier alpha value is 3.31. The molecule has 0 heterocycles. The van der Waals surface area contributed by atoms with Crippen molar-refractivity contribution in [2.75, 3.05) is 13.2 Å². The van der Waals surface area contributed by atoms with E-state index in [9.17, 15) is 18.9 Å². The number of unbranched alkanes of at least 4 members (excludes halogenated alkanes) is 14. The van der Waals surface area contributed by atoms with Crippen molar-refractivity contribution in [2.24, 2.45) is 11.8 Å². The van der Waals surface area contributed by atoms with Crippen LogP contribution in [0.1, 0.15) is 143 Å². The molecule has 6 nitrogen and oxygen atoms in total. The molecule has 204 valence electrons. The topological polar surface area (TPSA) is 98.7 Å². The van der Waals surface area contributed by atoms with Crippen molar-refractivity contribution < 1.29 is 131 Å². The first-order valence-corrected chi connectivity index (χ1v) is 16.0. The van der Waals surface area contributed by atoms with Crippen LogP contribution in [0, 0.1) is 11.8 Å². The summed E-state index contributed by atoms with van der Waals surface area (Å²) >= 11 is 0. The molecule has 0 fully saturated rings. The summed E-state index contributed by atoms with van der Waals surface area (Å²) in [5, 5.41) is 0. The SMILES string of the molecule is CC(C)CCCCCCCCCCO[P+](=O)[O-].CC(C)CCCCCCCCCCO[P+](=O)[O-].[K+].[K+]. The van der Waals surface area contributed by atoms with Crippen LogP contribution in [0.15, 0.2) is 0 Å². The molecule has 2 atom stereocenters. The Balaban J connectivity index is -0.000000269. The van der Waals surface area contributed by atoms with Gasteiger partial charge in [-0.25, -0.2) is 0 Å². The molecule has 0 saturated heterocycles. The molecule has 10 heteroatoms. The zero-order chi connectivity index (χ0) is 25.9. The Labute approximate surface area is 310 Å². The third-order valence-electron chi connectivity index (χ3n) is 5.75. The Morgan fingerprint density at radius 1 is 0.472 bits per heavy atom. The van der Waals surface area contributed by atoms with Gasteiger partial charge in [0.15, 0.2) is 0 Å². The van der Waals surface area contributed by atoms with Crippen molar-refractivity contribution in [1.29, 1.82) is 0 Å². The summed E-state index contributed by atoms with van der Waals surface area (Å²) in [6, 6.07) is 0. The van der Waals surface area contributed by atoms with Crippen molar-refractivity contribution in [3.05, 3.63) is 0 Å². The fraction of sp³-hybridized carbons (Fsp3) is 1.00. The van der Waals surface area contributed by atoms with E-state index in [0.717, 1.165) is 37.5 Å². The van der Waals surface area contributed by atoms with E-state index in [4.69, 9.17) is 0 Å². The predicted molar refractivity (Wildman–Crippen MR) is 140 cm³/mol. The summed E-state index contributed by atoms with van der Waals surface area (Å²) in [6.45, 7) is 9.81. The van der Waals surface area contributed by atoms with Gasteiger partial charge in [0.25, 0.3) is 0 Å². The van der Waals surface area contributed by atoms with E-state index in [1.165, 1.54) is 89.9 Å².